The topological polar surface area (TPSA) is 50.1 Å². The molecule has 1 fully saturated rings. The van der Waals surface area contributed by atoms with Crippen molar-refractivity contribution >= 4 is 17.4 Å². The van der Waals surface area contributed by atoms with Crippen LogP contribution in [0.4, 0.5) is 5.82 Å². The highest BCUT2D eigenvalue weighted by atomic mass is 35.5. The molecule has 0 bridgehead atoms. The third kappa shape index (κ3) is 4.03. The molecule has 134 valence electrons. The van der Waals surface area contributed by atoms with Crippen LogP contribution in [-0.2, 0) is 13.1 Å². The lowest BCUT2D eigenvalue weighted by molar-refractivity contribution is 0.249. The molecule has 0 saturated carbocycles. The van der Waals surface area contributed by atoms with Gasteiger partial charge in [0.1, 0.15) is 0 Å². The minimum absolute atomic E-state index is 0.475. The van der Waals surface area contributed by atoms with Crippen LogP contribution in [0.1, 0.15) is 11.1 Å². The van der Waals surface area contributed by atoms with E-state index in [-0.39, 0.29) is 0 Å². The number of nitrogens with zero attached hydrogens (tertiary/aromatic N) is 6. The van der Waals surface area contributed by atoms with E-state index in [0.717, 1.165) is 45.1 Å². The first-order valence-electron chi connectivity index (χ1n) is 8.77. The molecule has 4 rings (SSSR count). The van der Waals surface area contributed by atoms with Crippen molar-refractivity contribution in [3.05, 3.63) is 71.4 Å². The Morgan fingerprint density at radius 3 is 2.42 bits per heavy atom. The van der Waals surface area contributed by atoms with E-state index < -0.39 is 0 Å². The zero-order valence-electron chi connectivity index (χ0n) is 14.5. The summed E-state index contributed by atoms with van der Waals surface area (Å²) in [5.74, 6) is 0.782. The van der Waals surface area contributed by atoms with Crippen LogP contribution < -0.4 is 4.90 Å². The maximum absolute atomic E-state index is 6.15. The van der Waals surface area contributed by atoms with Crippen LogP contribution in [0.3, 0.4) is 0 Å². The Kier molecular flexibility index (Phi) is 5.13. The number of halogens is 1. The fourth-order valence-corrected chi connectivity index (χ4v) is 3.47. The zero-order chi connectivity index (χ0) is 17.8. The first kappa shape index (κ1) is 17.0. The van der Waals surface area contributed by atoms with Crippen molar-refractivity contribution in [2.45, 2.75) is 13.1 Å². The van der Waals surface area contributed by atoms with Gasteiger partial charge in [-0.15, -0.1) is 0 Å². The van der Waals surface area contributed by atoms with E-state index in [1.807, 2.05) is 16.9 Å². The molecular formula is C19H21ClN6. The number of benzene rings is 1. The molecule has 1 saturated heterocycles. The quantitative estimate of drug-likeness (QED) is 0.693. The lowest BCUT2D eigenvalue weighted by Crippen LogP contribution is -2.46. The minimum Gasteiger partial charge on any atom is -0.351 e. The van der Waals surface area contributed by atoms with E-state index in [1.54, 1.807) is 12.4 Å². The summed E-state index contributed by atoms with van der Waals surface area (Å²) < 4.78 is 2.00. The van der Waals surface area contributed by atoms with Gasteiger partial charge in [0.05, 0.1) is 12.7 Å². The number of aromatic nitrogens is 4. The second-order valence-corrected chi connectivity index (χ2v) is 6.82. The number of piperazine rings is 1. The summed E-state index contributed by atoms with van der Waals surface area (Å²) in [6.45, 7) is 5.46. The summed E-state index contributed by atoms with van der Waals surface area (Å²) in [7, 11) is 0. The molecule has 0 atom stereocenters. The molecule has 2 aromatic heterocycles. The van der Waals surface area contributed by atoms with Gasteiger partial charge in [-0.25, -0.2) is 9.97 Å². The van der Waals surface area contributed by atoms with Crippen molar-refractivity contribution in [1.29, 1.82) is 0 Å². The van der Waals surface area contributed by atoms with Gasteiger partial charge in [-0.3, -0.25) is 9.58 Å². The summed E-state index contributed by atoms with van der Waals surface area (Å²) in [6, 6.07) is 10.4. The molecule has 0 unspecified atom stereocenters. The maximum Gasteiger partial charge on any atom is 0.171 e. The summed E-state index contributed by atoms with van der Waals surface area (Å²) in [6.07, 6.45) is 7.41. The van der Waals surface area contributed by atoms with Gasteiger partial charge in [0.2, 0.25) is 0 Å². The number of hydrogen-bond donors (Lipinski definition) is 0. The Bertz CT molecular complexity index is 842. The maximum atomic E-state index is 6.15. The van der Waals surface area contributed by atoms with Crippen LogP contribution in [0.2, 0.25) is 5.15 Å². The van der Waals surface area contributed by atoms with Crippen molar-refractivity contribution in [3.8, 4) is 0 Å². The van der Waals surface area contributed by atoms with Gasteiger partial charge in [-0.2, -0.15) is 5.10 Å². The molecule has 1 aromatic carbocycles. The summed E-state index contributed by atoms with van der Waals surface area (Å²) in [5, 5.41) is 4.97. The molecule has 0 N–H and O–H groups in total. The fourth-order valence-electron chi connectivity index (χ4n) is 3.25. The molecule has 7 heteroatoms. The molecule has 0 aliphatic carbocycles. The van der Waals surface area contributed by atoms with E-state index >= 15 is 0 Å². The Morgan fingerprint density at radius 1 is 0.885 bits per heavy atom. The summed E-state index contributed by atoms with van der Waals surface area (Å²) in [4.78, 5) is 13.1. The predicted octanol–water partition coefficient (Wildman–Crippen LogP) is 2.70. The van der Waals surface area contributed by atoms with E-state index in [9.17, 15) is 0 Å². The fraction of sp³-hybridized carbons (Fsp3) is 0.316. The standard InChI is InChI=1S/C19H21ClN6/c20-18-19(22-7-6-21-18)25-10-8-24(9-11-25)13-17-12-23-26(15-17)14-16-4-2-1-3-5-16/h1-7,12,15H,8-11,13-14H2. The molecule has 3 aromatic rings. The van der Waals surface area contributed by atoms with Crippen LogP contribution in [0.15, 0.2) is 55.1 Å². The van der Waals surface area contributed by atoms with Crippen LogP contribution >= 0.6 is 11.6 Å². The molecule has 1 aliphatic heterocycles. The third-order valence-electron chi connectivity index (χ3n) is 4.59. The lowest BCUT2D eigenvalue weighted by atomic mass is 10.2. The van der Waals surface area contributed by atoms with Gasteiger partial charge in [0.25, 0.3) is 0 Å². The molecule has 0 amide bonds. The highest BCUT2D eigenvalue weighted by Crippen LogP contribution is 2.21. The Labute approximate surface area is 158 Å². The highest BCUT2D eigenvalue weighted by Gasteiger charge is 2.20. The molecule has 6 nitrogen and oxygen atoms in total. The molecule has 0 radical (unpaired) electrons. The average molecular weight is 369 g/mol. The van der Waals surface area contributed by atoms with Gasteiger partial charge in [0.15, 0.2) is 11.0 Å². The monoisotopic (exact) mass is 368 g/mol. The normalized spacial score (nSPS) is 15.3. The smallest absolute Gasteiger partial charge is 0.171 e. The average Bonchev–Trinajstić information content (AvgIpc) is 3.10. The molecule has 1 aliphatic rings. The predicted molar refractivity (Wildman–Crippen MR) is 102 cm³/mol. The van der Waals surface area contributed by atoms with Crippen LogP contribution in [0, 0.1) is 0 Å². The first-order chi connectivity index (χ1) is 12.8. The van der Waals surface area contributed by atoms with Crippen LogP contribution in [0.25, 0.3) is 0 Å². The SMILES string of the molecule is Clc1nccnc1N1CCN(Cc2cnn(Cc3ccccc3)c2)CC1. The summed E-state index contributed by atoms with van der Waals surface area (Å²) >= 11 is 6.15. The van der Waals surface area contributed by atoms with Gasteiger partial charge in [-0.1, -0.05) is 41.9 Å². The Morgan fingerprint density at radius 2 is 1.65 bits per heavy atom. The zero-order valence-corrected chi connectivity index (χ0v) is 15.3. The van der Waals surface area contributed by atoms with Crippen molar-refractivity contribution in [2.75, 3.05) is 31.1 Å². The Balaban J connectivity index is 1.31. The third-order valence-corrected chi connectivity index (χ3v) is 4.85. The number of rotatable bonds is 5. The molecule has 26 heavy (non-hydrogen) atoms. The van der Waals surface area contributed by atoms with Crippen molar-refractivity contribution in [1.82, 2.24) is 24.6 Å². The van der Waals surface area contributed by atoms with Crippen molar-refractivity contribution < 1.29 is 0 Å². The minimum atomic E-state index is 0.475. The van der Waals surface area contributed by atoms with Crippen molar-refractivity contribution in [2.24, 2.45) is 0 Å². The van der Waals surface area contributed by atoms with E-state index in [2.05, 4.69) is 55.3 Å². The van der Waals surface area contributed by atoms with Crippen molar-refractivity contribution in [3.63, 3.8) is 0 Å². The van der Waals surface area contributed by atoms with Crippen LogP contribution in [-0.4, -0.2) is 50.8 Å². The number of anilines is 1. The van der Waals surface area contributed by atoms with Gasteiger partial charge in [0, 0.05) is 56.9 Å². The summed E-state index contributed by atoms with van der Waals surface area (Å²) in [5.41, 5.74) is 2.50. The highest BCUT2D eigenvalue weighted by molar-refractivity contribution is 6.31. The molecular weight excluding hydrogens is 348 g/mol. The van der Waals surface area contributed by atoms with Gasteiger partial charge in [-0.05, 0) is 5.56 Å². The van der Waals surface area contributed by atoms with Crippen LogP contribution in [0.5, 0.6) is 0 Å². The lowest BCUT2D eigenvalue weighted by Gasteiger charge is -2.35. The van der Waals surface area contributed by atoms with E-state index in [4.69, 9.17) is 11.6 Å². The molecule has 0 spiro atoms. The Hall–Kier alpha value is -2.44. The largest absolute Gasteiger partial charge is 0.351 e. The number of hydrogen-bond acceptors (Lipinski definition) is 5. The van der Waals surface area contributed by atoms with E-state index in [0.29, 0.717) is 5.15 Å². The van der Waals surface area contributed by atoms with Gasteiger partial charge >= 0.3 is 0 Å². The second-order valence-electron chi connectivity index (χ2n) is 6.47. The van der Waals surface area contributed by atoms with Gasteiger partial charge < -0.3 is 4.90 Å². The second kappa shape index (κ2) is 7.85. The van der Waals surface area contributed by atoms with E-state index in [1.165, 1.54) is 11.1 Å². The molecule has 3 heterocycles. The first-order valence-corrected chi connectivity index (χ1v) is 9.15.